The maximum absolute atomic E-state index is 3.59. The molecule has 0 unspecified atom stereocenters. The first-order valence-corrected chi connectivity index (χ1v) is 4.48. The first-order valence-electron chi connectivity index (χ1n) is 3.57. The van der Waals surface area contributed by atoms with E-state index < -0.39 is 0 Å². The molecule has 2 rings (SSSR count). The van der Waals surface area contributed by atoms with Gasteiger partial charge in [-0.05, 0) is 17.9 Å². The molecule has 0 radical (unpaired) electrons. The van der Waals surface area contributed by atoms with Crippen LogP contribution in [0.15, 0.2) is 30.3 Å². The van der Waals surface area contributed by atoms with Crippen molar-refractivity contribution in [2.45, 2.75) is 17.2 Å². The molecule has 2 atom stereocenters. The third kappa shape index (κ3) is 1.10. The Kier molecular flexibility index (Phi) is 1.53. The van der Waals surface area contributed by atoms with Gasteiger partial charge in [-0.1, -0.05) is 46.3 Å². The molecule has 0 spiro atoms. The second-order valence-corrected chi connectivity index (χ2v) is 3.95. The van der Waals surface area contributed by atoms with Gasteiger partial charge in [0, 0.05) is 4.83 Å². The Morgan fingerprint density at radius 2 is 1.80 bits per heavy atom. The van der Waals surface area contributed by atoms with Crippen molar-refractivity contribution in [1.29, 1.82) is 0 Å². The molecule has 10 heavy (non-hydrogen) atoms. The monoisotopic (exact) mass is 196 g/mol. The standard InChI is InChI=1S/C9H9Br/c10-9-6-8(9)7-4-2-1-3-5-7/h1-5,8-9H,6H2/t8-,9+/m1/s1. The summed E-state index contributed by atoms with van der Waals surface area (Å²) in [7, 11) is 0. The Bertz CT molecular complexity index is 217. The Morgan fingerprint density at radius 3 is 2.30 bits per heavy atom. The molecule has 0 aromatic heterocycles. The normalized spacial score (nSPS) is 30.1. The molecule has 0 nitrogen and oxygen atoms in total. The Balaban J connectivity index is 2.20. The highest BCUT2D eigenvalue weighted by Gasteiger charge is 2.35. The van der Waals surface area contributed by atoms with E-state index in [-0.39, 0.29) is 0 Å². The lowest BCUT2D eigenvalue weighted by atomic mass is 10.1. The van der Waals surface area contributed by atoms with Gasteiger partial charge < -0.3 is 0 Å². The molecule has 1 aromatic carbocycles. The van der Waals surface area contributed by atoms with Crippen LogP contribution in [0, 0.1) is 0 Å². The number of halogens is 1. The minimum absolute atomic E-state index is 0.745. The first-order chi connectivity index (χ1) is 4.88. The summed E-state index contributed by atoms with van der Waals surface area (Å²) in [4.78, 5) is 0.745. The fourth-order valence-corrected chi connectivity index (χ4v) is 1.92. The van der Waals surface area contributed by atoms with E-state index in [1.165, 1.54) is 12.0 Å². The summed E-state index contributed by atoms with van der Waals surface area (Å²) in [6, 6.07) is 10.7. The third-order valence-electron chi connectivity index (χ3n) is 1.94. The molecule has 1 aliphatic rings. The molecule has 52 valence electrons. The topological polar surface area (TPSA) is 0 Å². The van der Waals surface area contributed by atoms with Crippen LogP contribution in [0.1, 0.15) is 17.9 Å². The van der Waals surface area contributed by atoms with Crippen LogP contribution in [-0.4, -0.2) is 4.83 Å². The molecule has 1 aromatic rings. The van der Waals surface area contributed by atoms with Gasteiger partial charge in [0.2, 0.25) is 0 Å². The maximum Gasteiger partial charge on any atom is 0.0221 e. The van der Waals surface area contributed by atoms with Gasteiger partial charge in [0.1, 0.15) is 0 Å². The molecule has 1 aliphatic carbocycles. The van der Waals surface area contributed by atoms with Crippen LogP contribution in [0.25, 0.3) is 0 Å². The predicted octanol–water partition coefficient (Wildman–Crippen LogP) is 2.94. The van der Waals surface area contributed by atoms with Crippen LogP contribution < -0.4 is 0 Å². The quantitative estimate of drug-likeness (QED) is 0.607. The van der Waals surface area contributed by atoms with Crippen molar-refractivity contribution in [1.82, 2.24) is 0 Å². The highest BCUT2D eigenvalue weighted by atomic mass is 79.9. The molecule has 0 N–H and O–H groups in total. The Labute approximate surface area is 69.4 Å². The fraction of sp³-hybridized carbons (Fsp3) is 0.333. The maximum atomic E-state index is 3.59. The van der Waals surface area contributed by atoms with Crippen molar-refractivity contribution in [3.8, 4) is 0 Å². The number of hydrogen-bond donors (Lipinski definition) is 0. The lowest BCUT2D eigenvalue weighted by molar-refractivity contribution is 1.14. The van der Waals surface area contributed by atoms with E-state index in [0.29, 0.717) is 0 Å². The number of benzene rings is 1. The van der Waals surface area contributed by atoms with Gasteiger partial charge in [-0.15, -0.1) is 0 Å². The van der Waals surface area contributed by atoms with Crippen LogP contribution in [0.5, 0.6) is 0 Å². The first kappa shape index (κ1) is 6.41. The number of rotatable bonds is 1. The Hall–Kier alpha value is -0.300. The summed E-state index contributed by atoms with van der Waals surface area (Å²) in [5.74, 6) is 0.793. The van der Waals surface area contributed by atoms with Crippen molar-refractivity contribution in [2.24, 2.45) is 0 Å². The summed E-state index contributed by atoms with van der Waals surface area (Å²) in [5.41, 5.74) is 1.48. The van der Waals surface area contributed by atoms with E-state index in [1.54, 1.807) is 0 Å². The zero-order chi connectivity index (χ0) is 6.97. The van der Waals surface area contributed by atoms with E-state index in [9.17, 15) is 0 Å². The van der Waals surface area contributed by atoms with Crippen LogP contribution >= 0.6 is 15.9 Å². The minimum Gasteiger partial charge on any atom is -0.0884 e. The second kappa shape index (κ2) is 2.39. The lowest BCUT2D eigenvalue weighted by Gasteiger charge is -1.93. The van der Waals surface area contributed by atoms with Crippen molar-refractivity contribution in [3.05, 3.63) is 35.9 Å². The zero-order valence-electron chi connectivity index (χ0n) is 5.63. The second-order valence-electron chi connectivity index (χ2n) is 2.77. The zero-order valence-corrected chi connectivity index (χ0v) is 7.21. The van der Waals surface area contributed by atoms with Crippen LogP contribution in [-0.2, 0) is 0 Å². The average Bonchev–Trinajstić information content (AvgIpc) is 2.69. The molecule has 0 amide bonds. The summed E-state index contributed by atoms with van der Waals surface area (Å²) in [6.45, 7) is 0. The van der Waals surface area contributed by atoms with E-state index >= 15 is 0 Å². The summed E-state index contributed by atoms with van der Waals surface area (Å²) < 4.78 is 0. The number of alkyl halides is 1. The summed E-state index contributed by atoms with van der Waals surface area (Å²) >= 11 is 3.59. The van der Waals surface area contributed by atoms with E-state index in [0.717, 1.165) is 10.7 Å². The van der Waals surface area contributed by atoms with Gasteiger partial charge in [0.05, 0.1) is 0 Å². The SMILES string of the molecule is Br[C@H]1C[C@@H]1c1ccccc1. The van der Waals surface area contributed by atoms with Crippen LogP contribution in [0.3, 0.4) is 0 Å². The summed E-state index contributed by atoms with van der Waals surface area (Å²) in [5, 5.41) is 0. The molecular formula is C9H9Br. The third-order valence-corrected chi connectivity index (χ3v) is 2.95. The largest absolute Gasteiger partial charge is 0.0884 e. The molecule has 1 fully saturated rings. The van der Waals surface area contributed by atoms with Crippen LogP contribution in [0.4, 0.5) is 0 Å². The van der Waals surface area contributed by atoms with Crippen molar-refractivity contribution < 1.29 is 0 Å². The highest BCUT2D eigenvalue weighted by molar-refractivity contribution is 9.09. The Morgan fingerprint density at radius 1 is 1.20 bits per heavy atom. The van der Waals surface area contributed by atoms with E-state index in [2.05, 4.69) is 46.3 Å². The lowest BCUT2D eigenvalue weighted by Crippen LogP contribution is -1.78. The van der Waals surface area contributed by atoms with Crippen molar-refractivity contribution in [3.63, 3.8) is 0 Å². The molecule has 0 heterocycles. The van der Waals surface area contributed by atoms with Crippen molar-refractivity contribution in [2.75, 3.05) is 0 Å². The van der Waals surface area contributed by atoms with Gasteiger partial charge in [-0.2, -0.15) is 0 Å². The smallest absolute Gasteiger partial charge is 0.0221 e. The fourth-order valence-electron chi connectivity index (χ4n) is 1.21. The average molecular weight is 197 g/mol. The molecule has 0 bridgehead atoms. The van der Waals surface area contributed by atoms with Gasteiger partial charge in [0.25, 0.3) is 0 Å². The van der Waals surface area contributed by atoms with Gasteiger partial charge in [-0.3, -0.25) is 0 Å². The van der Waals surface area contributed by atoms with E-state index in [4.69, 9.17) is 0 Å². The molecule has 1 heteroatoms. The molecular weight excluding hydrogens is 188 g/mol. The predicted molar refractivity (Wildman–Crippen MR) is 46.5 cm³/mol. The van der Waals surface area contributed by atoms with Gasteiger partial charge in [-0.25, -0.2) is 0 Å². The molecule has 0 aliphatic heterocycles. The van der Waals surface area contributed by atoms with E-state index in [1.807, 2.05) is 0 Å². The van der Waals surface area contributed by atoms with Gasteiger partial charge >= 0.3 is 0 Å². The van der Waals surface area contributed by atoms with Crippen molar-refractivity contribution >= 4 is 15.9 Å². The highest BCUT2D eigenvalue weighted by Crippen LogP contribution is 2.46. The summed E-state index contributed by atoms with van der Waals surface area (Å²) in [6.07, 6.45) is 1.31. The minimum atomic E-state index is 0.745. The van der Waals surface area contributed by atoms with Crippen LogP contribution in [0.2, 0.25) is 0 Å². The van der Waals surface area contributed by atoms with Gasteiger partial charge in [0.15, 0.2) is 0 Å². The number of hydrogen-bond acceptors (Lipinski definition) is 0. The molecule has 0 saturated heterocycles. The molecule has 1 saturated carbocycles.